The normalized spacial score (nSPS) is 11.3. The van der Waals surface area contributed by atoms with Gasteiger partial charge in [-0.25, -0.2) is 0 Å². The summed E-state index contributed by atoms with van der Waals surface area (Å²) in [5, 5.41) is 0. The molecule has 0 saturated heterocycles. The number of hydrogen-bond donors (Lipinski definition) is 2. The molecule has 2 N–H and O–H groups in total. The van der Waals surface area contributed by atoms with Crippen molar-refractivity contribution in [1.29, 1.82) is 0 Å². The van der Waals surface area contributed by atoms with Crippen LogP contribution in [0.25, 0.3) is 11.1 Å². The van der Waals surface area contributed by atoms with E-state index < -0.39 is 12.0 Å². The summed E-state index contributed by atoms with van der Waals surface area (Å²) >= 11 is 0. The van der Waals surface area contributed by atoms with Crippen LogP contribution in [0.1, 0.15) is 12.5 Å². The molecule has 3 aromatic rings. The largest absolute Gasteiger partial charge is 0.481 e. The highest BCUT2D eigenvalue weighted by Crippen LogP contribution is 2.22. The van der Waals surface area contributed by atoms with Gasteiger partial charge in [0.2, 0.25) is 5.91 Å². The molecule has 142 valence electrons. The summed E-state index contributed by atoms with van der Waals surface area (Å²) in [4.78, 5) is 24.0. The van der Waals surface area contributed by atoms with Crippen LogP contribution in [0, 0.1) is 0 Å². The Morgan fingerprint density at radius 3 is 2.00 bits per heavy atom. The van der Waals surface area contributed by atoms with Crippen LogP contribution in [0.2, 0.25) is 0 Å². The number of hydrazine groups is 1. The van der Waals surface area contributed by atoms with Crippen LogP contribution >= 0.6 is 0 Å². The Morgan fingerprint density at radius 2 is 1.36 bits per heavy atom. The highest BCUT2D eigenvalue weighted by atomic mass is 16.5. The van der Waals surface area contributed by atoms with Gasteiger partial charge in [-0.1, -0.05) is 72.8 Å². The highest BCUT2D eigenvalue weighted by Gasteiger charge is 2.15. The number of benzene rings is 3. The fraction of sp³-hybridized carbons (Fsp3) is 0.130. The van der Waals surface area contributed by atoms with Crippen molar-refractivity contribution in [3.63, 3.8) is 0 Å². The molecule has 0 fully saturated rings. The number of carbonyl (C=O) groups is 2. The van der Waals surface area contributed by atoms with Gasteiger partial charge in [-0.05, 0) is 35.7 Å². The highest BCUT2D eigenvalue weighted by molar-refractivity contribution is 5.85. The lowest BCUT2D eigenvalue weighted by molar-refractivity contribution is -0.132. The van der Waals surface area contributed by atoms with E-state index in [1.807, 2.05) is 84.9 Å². The lowest BCUT2D eigenvalue weighted by Crippen LogP contribution is -2.47. The average molecular weight is 374 g/mol. The Bertz CT molecular complexity index is 910. The topological polar surface area (TPSA) is 67.4 Å². The summed E-state index contributed by atoms with van der Waals surface area (Å²) in [5.41, 5.74) is 7.86. The number of ether oxygens (including phenoxy) is 1. The van der Waals surface area contributed by atoms with Crippen LogP contribution in [0.15, 0.2) is 84.9 Å². The summed E-state index contributed by atoms with van der Waals surface area (Å²) in [6.45, 7) is 1.63. The van der Waals surface area contributed by atoms with E-state index in [4.69, 9.17) is 4.74 Å². The molecule has 0 saturated carbocycles. The molecule has 0 aliphatic heterocycles. The average Bonchev–Trinajstić information content (AvgIpc) is 2.74. The molecule has 1 unspecified atom stereocenters. The number of rotatable bonds is 6. The van der Waals surface area contributed by atoms with Crippen LogP contribution in [0.5, 0.6) is 5.75 Å². The number of hydrogen-bond acceptors (Lipinski definition) is 3. The quantitative estimate of drug-likeness (QED) is 0.649. The first-order valence-corrected chi connectivity index (χ1v) is 9.06. The monoisotopic (exact) mass is 374 g/mol. The minimum Gasteiger partial charge on any atom is -0.481 e. The summed E-state index contributed by atoms with van der Waals surface area (Å²) < 4.78 is 5.65. The lowest BCUT2D eigenvalue weighted by Gasteiger charge is -2.15. The Morgan fingerprint density at radius 1 is 0.786 bits per heavy atom. The van der Waals surface area contributed by atoms with Crippen molar-refractivity contribution in [2.75, 3.05) is 0 Å². The molecular formula is C23H22N2O3. The van der Waals surface area contributed by atoms with Crippen molar-refractivity contribution in [3.05, 3.63) is 90.5 Å². The zero-order valence-electron chi connectivity index (χ0n) is 15.6. The van der Waals surface area contributed by atoms with Crippen LogP contribution in [-0.2, 0) is 16.0 Å². The van der Waals surface area contributed by atoms with Gasteiger partial charge in [0.1, 0.15) is 5.75 Å². The van der Waals surface area contributed by atoms with Crippen LogP contribution in [-0.4, -0.2) is 17.9 Å². The van der Waals surface area contributed by atoms with E-state index in [0.29, 0.717) is 5.75 Å². The van der Waals surface area contributed by atoms with Gasteiger partial charge in [-0.2, -0.15) is 0 Å². The maximum atomic E-state index is 12.1. The molecule has 0 aliphatic carbocycles. The molecule has 2 amide bonds. The van der Waals surface area contributed by atoms with Crippen LogP contribution in [0.4, 0.5) is 0 Å². The summed E-state index contributed by atoms with van der Waals surface area (Å²) in [6, 6.07) is 26.8. The van der Waals surface area contributed by atoms with Crippen molar-refractivity contribution >= 4 is 11.8 Å². The Labute approximate surface area is 164 Å². The smallest absolute Gasteiger partial charge is 0.279 e. The SMILES string of the molecule is CC(Oc1ccc(-c2ccccc2)cc1)C(=O)NNC(=O)Cc1ccccc1. The summed E-state index contributed by atoms with van der Waals surface area (Å²) in [5.74, 6) is -0.134. The third-order valence-electron chi connectivity index (χ3n) is 4.18. The molecule has 28 heavy (non-hydrogen) atoms. The Hall–Kier alpha value is -3.60. The molecular weight excluding hydrogens is 352 g/mol. The maximum absolute atomic E-state index is 12.1. The van der Waals surface area contributed by atoms with Crippen molar-refractivity contribution in [2.24, 2.45) is 0 Å². The molecule has 5 heteroatoms. The standard InChI is InChI=1S/C23H22N2O3/c1-17(23(27)25-24-22(26)16-18-8-4-2-5-9-18)28-21-14-12-20(13-15-21)19-10-6-3-7-11-19/h2-15,17H,16H2,1H3,(H,24,26)(H,25,27). The van der Waals surface area contributed by atoms with E-state index in [9.17, 15) is 9.59 Å². The van der Waals surface area contributed by atoms with E-state index in [2.05, 4.69) is 10.9 Å². The fourth-order valence-electron chi connectivity index (χ4n) is 2.67. The molecule has 0 spiro atoms. The first-order chi connectivity index (χ1) is 13.6. The Kier molecular flexibility index (Phi) is 6.41. The molecule has 3 rings (SSSR count). The molecule has 0 heterocycles. The molecule has 5 nitrogen and oxygen atoms in total. The van der Waals surface area contributed by atoms with Crippen molar-refractivity contribution in [2.45, 2.75) is 19.4 Å². The third kappa shape index (κ3) is 5.45. The van der Waals surface area contributed by atoms with Gasteiger partial charge in [0.25, 0.3) is 5.91 Å². The van der Waals surface area contributed by atoms with Gasteiger partial charge in [0, 0.05) is 0 Å². The van der Waals surface area contributed by atoms with E-state index in [1.54, 1.807) is 6.92 Å². The third-order valence-corrected chi connectivity index (χ3v) is 4.18. The van der Waals surface area contributed by atoms with Crippen molar-refractivity contribution in [1.82, 2.24) is 10.9 Å². The zero-order valence-corrected chi connectivity index (χ0v) is 15.6. The van der Waals surface area contributed by atoms with E-state index in [0.717, 1.165) is 16.7 Å². The van der Waals surface area contributed by atoms with Gasteiger partial charge < -0.3 is 4.74 Å². The number of carbonyl (C=O) groups excluding carboxylic acids is 2. The fourth-order valence-corrected chi connectivity index (χ4v) is 2.67. The van der Waals surface area contributed by atoms with E-state index in [1.165, 1.54) is 0 Å². The lowest BCUT2D eigenvalue weighted by atomic mass is 10.1. The molecule has 0 radical (unpaired) electrons. The van der Waals surface area contributed by atoms with Crippen LogP contribution < -0.4 is 15.6 Å². The van der Waals surface area contributed by atoms with Crippen LogP contribution in [0.3, 0.4) is 0 Å². The molecule has 0 aromatic heterocycles. The van der Waals surface area contributed by atoms with Gasteiger partial charge in [-0.15, -0.1) is 0 Å². The second-order valence-electron chi connectivity index (χ2n) is 6.35. The second-order valence-corrected chi connectivity index (χ2v) is 6.35. The minimum absolute atomic E-state index is 0.192. The Balaban J connectivity index is 1.48. The van der Waals surface area contributed by atoms with Gasteiger partial charge >= 0.3 is 0 Å². The van der Waals surface area contributed by atoms with Crippen molar-refractivity contribution in [3.8, 4) is 16.9 Å². The molecule has 3 aromatic carbocycles. The predicted molar refractivity (Wildman–Crippen MR) is 108 cm³/mol. The zero-order chi connectivity index (χ0) is 19.8. The summed E-state index contributed by atoms with van der Waals surface area (Å²) in [6.07, 6.45) is -0.559. The van der Waals surface area contributed by atoms with E-state index >= 15 is 0 Å². The molecule has 1 atom stereocenters. The van der Waals surface area contributed by atoms with Gasteiger partial charge in [-0.3, -0.25) is 20.4 Å². The second kappa shape index (κ2) is 9.37. The van der Waals surface area contributed by atoms with E-state index in [-0.39, 0.29) is 12.3 Å². The minimum atomic E-state index is -0.750. The van der Waals surface area contributed by atoms with Crippen molar-refractivity contribution < 1.29 is 14.3 Å². The summed E-state index contributed by atoms with van der Waals surface area (Å²) in [7, 11) is 0. The first-order valence-electron chi connectivity index (χ1n) is 9.06. The van der Waals surface area contributed by atoms with Gasteiger partial charge in [0.05, 0.1) is 6.42 Å². The molecule has 0 aliphatic rings. The number of amides is 2. The van der Waals surface area contributed by atoms with Gasteiger partial charge in [0.15, 0.2) is 6.10 Å². The first kappa shape index (κ1) is 19.2. The number of nitrogens with one attached hydrogen (secondary N) is 2. The predicted octanol–water partition coefficient (Wildman–Crippen LogP) is 3.51. The molecule has 0 bridgehead atoms. The maximum Gasteiger partial charge on any atom is 0.279 e.